The number of nitrogens with zero attached hydrogens (tertiary/aromatic N) is 2. The van der Waals surface area contributed by atoms with Crippen LogP contribution in [0, 0.1) is 0 Å². The van der Waals surface area contributed by atoms with Crippen LogP contribution in [0.15, 0.2) is 140 Å². The fourth-order valence-corrected chi connectivity index (χ4v) is 6.27. The molecule has 2 aromatic heterocycles. The monoisotopic (exact) mass is 518 g/mol. The largest absolute Gasteiger partial charge is 0.309 e. The zero-order valence-corrected chi connectivity index (χ0v) is 21.8. The third-order valence-corrected chi connectivity index (χ3v) is 7.99. The van der Waals surface area contributed by atoms with Gasteiger partial charge in [0.25, 0.3) is 0 Å². The number of fused-ring (bicyclic) bond motifs is 7. The molecule has 39 heavy (non-hydrogen) atoms. The van der Waals surface area contributed by atoms with E-state index in [1.807, 2.05) is 6.07 Å². The van der Waals surface area contributed by atoms with Crippen molar-refractivity contribution in [2.75, 3.05) is 0 Å². The van der Waals surface area contributed by atoms with E-state index in [1.54, 1.807) is 0 Å². The van der Waals surface area contributed by atoms with Gasteiger partial charge in [0.05, 0.1) is 22.1 Å². The van der Waals surface area contributed by atoms with Crippen LogP contribution in [-0.4, -0.2) is 9.13 Å². The molecule has 6 aromatic carbocycles. The molecule has 0 fully saturated rings. The van der Waals surface area contributed by atoms with Gasteiger partial charge in [-0.25, -0.2) is 0 Å². The van der Waals surface area contributed by atoms with Gasteiger partial charge in [0.1, 0.15) is 0 Å². The number of para-hydroxylation sites is 2. The van der Waals surface area contributed by atoms with Gasteiger partial charge in [0.2, 0.25) is 0 Å². The van der Waals surface area contributed by atoms with Crippen molar-refractivity contribution in [1.82, 2.24) is 9.13 Å². The van der Waals surface area contributed by atoms with E-state index in [0.717, 1.165) is 21.9 Å². The molecular weight excluding hydrogens is 496 g/mol. The molecule has 0 amide bonds. The highest BCUT2D eigenvalue weighted by molar-refractivity contribution is 6.32. The smallest absolute Gasteiger partial charge is 0.0641 e. The highest BCUT2D eigenvalue weighted by Gasteiger charge is 2.21. The fourth-order valence-electron chi connectivity index (χ4n) is 6.11. The first-order chi connectivity index (χ1) is 19.3. The topological polar surface area (TPSA) is 9.86 Å². The van der Waals surface area contributed by atoms with Crippen LogP contribution in [0.3, 0.4) is 0 Å². The first-order valence-electron chi connectivity index (χ1n) is 13.1. The van der Waals surface area contributed by atoms with E-state index in [0.29, 0.717) is 0 Å². The Labute approximate surface area is 230 Å². The molecule has 3 heteroatoms. The van der Waals surface area contributed by atoms with Gasteiger partial charge in [-0.2, -0.15) is 0 Å². The Hall–Kier alpha value is -4.79. The maximum Gasteiger partial charge on any atom is 0.0641 e. The van der Waals surface area contributed by atoms with Crippen LogP contribution >= 0.6 is 11.6 Å². The quantitative estimate of drug-likeness (QED) is 0.220. The van der Waals surface area contributed by atoms with Gasteiger partial charge in [0.15, 0.2) is 0 Å². The van der Waals surface area contributed by atoms with Crippen molar-refractivity contribution in [3.8, 4) is 22.5 Å². The molecular formula is C36H23ClN2. The Bertz CT molecular complexity index is 2170. The number of halogens is 1. The summed E-state index contributed by atoms with van der Waals surface area (Å²) in [6.45, 7) is 0. The van der Waals surface area contributed by atoms with E-state index in [2.05, 4.69) is 143 Å². The maximum absolute atomic E-state index is 6.61. The van der Waals surface area contributed by atoms with Crippen LogP contribution < -0.4 is 0 Å². The Balaban J connectivity index is 1.56. The van der Waals surface area contributed by atoms with Gasteiger partial charge in [-0.05, 0) is 59.7 Å². The van der Waals surface area contributed by atoms with E-state index in [4.69, 9.17) is 11.6 Å². The average molecular weight is 519 g/mol. The van der Waals surface area contributed by atoms with E-state index >= 15 is 0 Å². The lowest BCUT2D eigenvalue weighted by atomic mass is 10.0. The third-order valence-electron chi connectivity index (χ3n) is 7.75. The van der Waals surface area contributed by atoms with Crippen molar-refractivity contribution < 1.29 is 0 Å². The van der Waals surface area contributed by atoms with E-state index in [-0.39, 0.29) is 0 Å². The first-order valence-corrected chi connectivity index (χ1v) is 13.5. The highest BCUT2D eigenvalue weighted by Crippen LogP contribution is 2.42. The van der Waals surface area contributed by atoms with E-state index in [1.165, 1.54) is 49.2 Å². The molecule has 0 aliphatic heterocycles. The van der Waals surface area contributed by atoms with Crippen LogP contribution in [-0.2, 0) is 0 Å². The van der Waals surface area contributed by atoms with Crippen molar-refractivity contribution in [2.45, 2.75) is 0 Å². The summed E-state index contributed by atoms with van der Waals surface area (Å²) in [7, 11) is 0. The molecule has 8 aromatic rings. The molecule has 0 aliphatic rings. The molecule has 0 spiro atoms. The summed E-state index contributed by atoms with van der Waals surface area (Å²) >= 11 is 6.61. The average Bonchev–Trinajstić information content (AvgIpc) is 3.50. The number of rotatable bonds is 3. The van der Waals surface area contributed by atoms with Gasteiger partial charge in [-0.15, -0.1) is 0 Å². The summed E-state index contributed by atoms with van der Waals surface area (Å²) in [5.41, 5.74) is 9.33. The molecule has 2 nitrogen and oxygen atoms in total. The summed E-state index contributed by atoms with van der Waals surface area (Å²) in [6.07, 6.45) is 0. The molecule has 0 radical (unpaired) electrons. The predicted octanol–water partition coefficient (Wildman–Crippen LogP) is 10.2. The zero-order chi connectivity index (χ0) is 25.9. The Morgan fingerprint density at radius 2 is 1.10 bits per heavy atom. The SMILES string of the molecule is Clc1ccc2c3ccc4c(c5ccccc5n4-c4ccccc4)c3n(-c3cccc(-c4ccccc4)c3)c2c1. The fraction of sp³-hybridized carbons (Fsp3) is 0. The minimum absolute atomic E-state index is 0.730. The second-order valence-electron chi connectivity index (χ2n) is 9.96. The second kappa shape index (κ2) is 8.62. The van der Waals surface area contributed by atoms with Gasteiger partial charge in [0, 0.05) is 37.9 Å². The van der Waals surface area contributed by atoms with Gasteiger partial charge < -0.3 is 9.13 Å². The van der Waals surface area contributed by atoms with Crippen LogP contribution in [0.25, 0.3) is 66.1 Å². The minimum Gasteiger partial charge on any atom is -0.309 e. The summed E-state index contributed by atoms with van der Waals surface area (Å²) < 4.78 is 4.77. The summed E-state index contributed by atoms with van der Waals surface area (Å²) in [5.74, 6) is 0. The maximum atomic E-state index is 6.61. The van der Waals surface area contributed by atoms with E-state index in [9.17, 15) is 0 Å². The Morgan fingerprint density at radius 1 is 0.410 bits per heavy atom. The standard InChI is InChI=1S/C36H23ClN2/c37-26-18-19-29-30-20-21-33-35(31-16-7-8-17-32(31)38(33)27-13-5-2-6-14-27)36(30)39(34(29)23-26)28-15-9-12-25(22-28)24-10-3-1-4-11-24/h1-23H. The molecule has 0 bridgehead atoms. The second-order valence-corrected chi connectivity index (χ2v) is 10.4. The number of benzene rings is 6. The van der Waals surface area contributed by atoms with E-state index < -0.39 is 0 Å². The predicted molar refractivity (Wildman–Crippen MR) is 166 cm³/mol. The van der Waals surface area contributed by atoms with Crippen molar-refractivity contribution in [3.63, 3.8) is 0 Å². The molecule has 0 aliphatic carbocycles. The molecule has 0 saturated carbocycles. The van der Waals surface area contributed by atoms with Crippen LogP contribution in [0.5, 0.6) is 0 Å². The lowest BCUT2D eigenvalue weighted by Crippen LogP contribution is -1.96. The first kappa shape index (κ1) is 22.2. The summed E-state index contributed by atoms with van der Waals surface area (Å²) in [6, 6.07) is 49.5. The molecule has 8 rings (SSSR count). The number of hydrogen-bond donors (Lipinski definition) is 0. The normalized spacial score (nSPS) is 11.7. The zero-order valence-electron chi connectivity index (χ0n) is 21.1. The number of aromatic nitrogens is 2. The highest BCUT2D eigenvalue weighted by atomic mass is 35.5. The number of hydrogen-bond acceptors (Lipinski definition) is 0. The molecule has 0 saturated heterocycles. The molecule has 0 unspecified atom stereocenters. The van der Waals surface area contributed by atoms with Gasteiger partial charge in [-0.3, -0.25) is 0 Å². The van der Waals surface area contributed by atoms with Crippen molar-refractivity contribution in [2.24, 2.45) is 0 Å². The van der Waals surface area contributed by atoms with Gasteiger partial charge >= 0.3 is 0 Å². The molecule has 2 heterocycles. The van der Waals surface area contributed by atoms with Crippen LogP contribution in [0.4, 0.5) is 0 Å². The van der Waals surface area contributed by atoms with Crippen LogP contribution in [0.2, 0.25) is 5.02 Å². The van der Waals surface area contributed by atoms with Crippen molar-refractivity contribution >= 4 is 55.2 Å². The molecule has 184 valence electrons. The van der Waals surface area contributed by atoms with Crippen molar-refractivity contribution in [1.29, 1.82) is 0 Å². The molecule has 0 atom stereocenters. The minimum atomic E-state index is 0.730. The lowest BCUT2D eigenvalue weighted by Gasteiger charge is -2.12. The summed E-state index contributed by atoms with van der Waals surface area (Å²) in [4.78, 5) is 0. The van der Waals surface area contributed by atoms with Gasteiger partial charge in [-0.1, -0.05) is 103 Å². The lowest BCUT2D eigenvalue weighted by molar-refractivity contribution is 1.17. The summed E-state index contributed by atoms with van der Waals surface area (Å²) in [5, 5.41) is 5.61. The van der Waals surface area contributed by atoms with Crippen molar-refractivity contribution in [3.05, 3.63) is 145 Å². The Kier molecular flexibility index (Phi) is 4.91. The van der Waals surface area contributed by atoms with Crippen LogP contribution in [0.1, 0.15) is 0 Å². The Morgan fingerprint density at radius 3 is 1.95 bits per heavy atom. The third kappa shape index (κ3) is 3.35. The molecule has 0 N–H and O–H groups in total.